The minimum atomic E-state index is 0.328. The fourth-order valence-corrected chi connectivity index (χ4v) is 3.30. The zero-order valence-electron chi connectivity index (χ0n) is 14.8. The number of aromatic nitrogens is 3. The van der Waals surface area contributed by atoms with Gasteiger partial charge in [0.25, 0.3) is 0 Å². The zero-order chi connectivity index (χ0) is 17.6. The summed E-state index contributed by atoms with van der Waals surface area (Å²) in [5.74, 6) is 0. The molecule has 0 saturated carbocycles. The van der Waals surface area contributed by atoms with Crippen LogP contribution in [-0.2, 0) is 17.8 Å². The van der Waals surface area contributed by atoms with E-state index in [1.807, 2.05) is 36.4 Å². The average Bonchev–Trinajstić information content (AvgIpc) is 3.34. The van der Waals surface area contributed by atoms with Gasteiger partial charge in [-0.25, -0.2) is 0 Å². The maximum Gasteiger partial charge on any atom is 0.117 e. The van der Waals surface area contributed by atoms with Gasteiger partial charge in [0.1, 0.15) is 11.4 Å². The first-order valence-corrected chi connectivity index (χ1v) is 9.24. The Morgan fingerprint density at radius 1 is 1.00 bits per heavy atom. The Kier molecular flexibility index (Phi) is 5.38. The molecule has 26 heavy (non-hydrogen) atoms. The molecule has 5 nitrogen and oxygen atoms in total. The van der Waals surface area contributed by atoms with Gasteiger partial charge in [0.05, 0.1) is 12.6 Å². The molecule has 2 heterocycles. The van der Waals surface area contributed by atoms with E-state index in [-0.39, 0.29) is 0 Å². The van der Waals surface area contributed by atoms with Crippen LogP contribution in [0, 0.1) is 0 Å². The molecule has 1 fully saturated rings. The van der Waals surface area contributed by atoms with E-state index in [4.69, 9.17) is 14.9 Å². The first kappa shape index (κ1) is 16.9. The summed E-state index contributed by atoms with van der Waals surface area (Å²) in [7, 11) is 0. The molecule has 1 saturated heterocycles. The second-order valence-corrected chi connectivity index (χ2v) is 6.64. The van der Waals surface area contributed by atoms with Crippen LogP contribution in [0.1, 0.15) is 24.1 Å². The van der Waals surface area contributed by atoms with Gasteiger partial charge in [-0.1, -0.05) is 60.7 Å². The van der Waals surface area contributed by atoms with Crippen LogP contribution in [-0.4, -0.2) is 34.2 Å². The third-order valence-electron chi connectivity index (χ3n) is 4.63. The molecular weight excluding hydrogens is 324 g/mol. The quantitative estimate of drug-likeness (QED) is 0.712. The number of nitrogens with one attached hydrogen (secondary N) is 1. The van der Waals surface area contributed by atoms with Crippen molar-refractivity contribution in [3.63, 3.8) is 0 Å². The van der Waals surface area contributed by atoms with Gasteiger partial charge in [-0.15, -0.1) is 0 Å². The molecule has 1 N–H and O–H groups in total. The molecule has 4 rings (SSSR count). The molecule has 0 amide bonds. The monoisotopic (exact) mass is 348 g/mol. The van der Waals surface area contributed by atoms with Gasteiger partial charge in [0.2, 0.25) is 0 Å². The topological polar surface area (TPSA) is 52.0 Å². The molecule has 0 unspecified atom stereocenters. The molecule has 0 bridgehead atoms. The largest absolute Gasteiger partial charge is 0.377 e. The van der Waals surface area contributed by atoms with Gasteiger partial charge in [-0.3, -0.25) is 0 Å². The highest BCUT2D eigenvalue weighted by atomic mass is 16.5. The van der Waals surface area contributed by atoms with Crippen LogP contribution >= 0.6 is 0 Å². The average molecular weight is 348 g/mol. The van der Waals surface area contributed by atoms with E-state index in [0.717, 1.165) is 42.9 Å². The number of hydrogen-bond acceptors (Lipinski definition) is 4. The van der Waals surface area contributed by atoms with Crippen molar-refractivity contribution in [2.24, 2.45) is 0 Å². The Bertz CT molecular complexity index is 811. The van der Waals surface area contributed by atoms with Crippen molar-refractivity contribution in [1.29, 1.82) is 0 Å². The van der Waals surface area contributed by atoms with E-state index in [2.05, 4.69) is 29.6 Å². The summed E-state index contributed by atoms with van der Waals surface area (Å²) in [4.78, 5) is 1.79. The third-order valence-corrected chi connectivity index (χ3v) is 4.63. The fourth-order valence-electron chi connectivity index (χ4n) is 3.30. The summed E-state index contributed by atoms with van der Waals surface area (Å²) >= 11 is 0. The molecule has 2 aromatic carbocycles. The van der Waals surface area contributed by atoms with Crippen molar-refractivity contribution in [2.45, 2.75) is 32.0 Å². The van der Waals surface area contributed by atoms with E-state index < -0.39 is 0 Å². The lowest BCUT2D eigenvalue weighted by Gasteiger charge is -2.10. The Morgan fingerprint density at radius 2 is 1.77 bits per heavy atom. The lowest BCUT2D eigenvalue weighted by Crippen LogP contribution is -2.26. The normalized spacial score (nSPS) is 16.8. The highest BCUT2D eigenvalue weighted by molar-refractivity contribution is 5.60. The van der Waals surface area contributed by atoms with E-state index in [0.29, 0.717) is 19.2 Å². The second kappa shape index (κ2) is 8.25. The van der Waals surface area contributed by atoms with Crippen LogP contribution in [0.3, 0.4) is 0 Å². The summed E-state index contributed by atoms with van der Waals surface area (Å²) in [6.07, 6.45) is 2.63. The van der Waals surface area contributed by atoms with Crippen molar-refractivity contribution in [3.05, 3.63) is 71.9 Å². The third kappa shape index (κ3) is 4.18. The van der Waals surface area contributed by atoms with Crippen LogP contribution in [0.25, 0.3) is 11.3 Å². The number of rotatable bonds is 7. The van der Waals surface area contributed by atoms with Gasteiger partial charge in [0, 0.05) is 25.3 Å². The minimum absolute atomic E-state index is 0.328. The van der Waals surface area contributed by atoms with Crippen LogP contribution < -0.4 is 5.32 Å². The van der Waals surface area contributed by atoms with Gasteiger partial charge in [-0.2, -0.15) is 15.0 Å². The number of benzene rings is 2. The summed E-state index contributed by atoms with van der Waals surface area (Å²) in [5.41, 5.74) is 4.22. The standard InChI is InChI=1S/C21H24N4O/c1-3-8-17(9-4-1)16-25-23-20(15-22-14-19-12-7-13-26-19)21(24-25)18-10-5-2-6-11-18/h1-6,8-11,19,22H,7,12-16H2/t19-/m0/s1. The molecule has 5 heteroatoms. The Balaban J connectivity index is 1.52. The summed E-state index contributed by atoms with van der Waals surface area (Å²) in [6, 6.07) is 20.6. The predicted molar refractivity (Wildman–Crippen MR) is 102 cm³/mol. The maximum atomic E-state index is 5.69. The van der Waals surface area contributed by atoms with Crippen molar-refractivity contribution in [1.82, 2.24) is 20.3 Å². The van der Waals surface area contributed by atoms with Crippen LogP contribution in [0.5, 0.6) is 0 Å². The molecule has 1 aliphatic heterocycles. The molecule has 1 atom stereocenters. The van der Waals surface area contributed by atoms with E-state index in [1.54, 1.807) is 4.80 Å². The Labute approximate surface area is 154 Å². The molecule has 3 aromatic rings. The Morgan fingerprint density at radius 3 is 2.50 bits per heavy atom. The summed E-state index contributed by atoms with van der Waals surface area (Å²) in [6.45, 7) is 3.11. The number of nitrogens with zero attached hydrogens (tertiary/aromatic N) is 3. The van der Waals surface area contributed by atoms with Crippen molar-refractivity contribution in [3.8, 4) is 11.3 Å². The first-order chi connectivity index (χ1) is 12.9. The molecule has 0 spiro atoms. The highest BCUT2D eigenvalue weighted by Crippen LogP contribution is 2.20. The fraction of sp³-hybridized carbons (Fsp3) is 0.333. The van der Waals surface area contributed by atoms with Crippen LogP contribution in [0.4, 0.5) is 0 Å². The second-order valence-electron chi connectivity index (χ2n) is 6.64. The van der Waals surface area contributed by atoms with Gasteiger partial charge >= 0.3 is 0 Å². The van der Waals surface area contributed by atoms with Crippen molar-refractivity contribution < 1.29 is 4.74 Å². The van der Waals surface area contributed by atoms with Crippen LogP contribution in [0.2, 0.25) is 0 Å². The van der Waals surface area contributed by atoms with Crippen LogP contribution in [0.15, 0.2) is 60.7 Å². The lowest BCUT2D eigenvalue weighted by molar-refractivity contribution is 0.110. The van der Waals surface area contributed by atoms with Crippen molar-refractivity contribution >= 4 is 0 Å². The lowest BCUT2D eigenvalue weighted by atomic mass is 10.1. The SMILES string of the molecule is c1ccc(Cn2nc(CNC[C@@H]3CCCO3)c(-c3ccccc3)n2)cc1. The number of hydrogen-bond donors (Lipinski definition) is 1. The number of ether oxygens (including phenoxy) is 1. The van der Waals surface area contributed by atoms with Gasteiger partial charge < -0.3 is 10.1 Å². The van der Waals surface area contributed by atoms with Gasteiger partial charge in [-0.05, 0) is 18.4 Å². The summed E-state index contributed by atoms with van der Waals surface area (Å²) in [5, 5.41) is 13.0. The highest BCUT2D eigenvalue weighted by Gasteiger charge is 2.17. The predicted octanol–water partition coefficient (Wildman–Crippen LogP) is 3.26. The van der Waals surface area contributed by atoms with E-state index in [9.17, 15) is 0 Å². The zero-order valence-corrected chi connectivity index (χ0v) is 14.8. The smallest absolute Gasteiger partial charge is 0.117 e. The Hall–Kier alpha value is -2.50. The molecule has 0 radical (unpaired) electrons. The van der Waals surface area contributed by atoms with E-state index in [1.165, 1.54) is 5.56 Å². The molecule has 1 aliphatic rings. The van der Waals surface area contributed by atoms with Gasteiger partial charge in [0.15, 0.2) is 0 Å². The minimum Gasteiger partial charge on any atom is -0.377 e. The molecule has 0 aliphatic carbocycles. The molecular formula is C21H24N4O. The summed E-state index contributed by atoms with van der Waals surface area (Å²) < 4.78 is 5.69. The van der Waals surface area contributed by atoms with Crippen molar-refractivity contribution in [2.75, 3.05) is 13.2 Å². The first-order valence-electron chi connectivity index (χ1n) is 9.24. The maximum absolute atomic E-state index is 5.69. The molecule has 1 aromatic heterocycles. The van der Waals surface area contributed by atoms with E-state index >= 15 is 0 Å². The molecule has 134 valence electrons.